The van der Waals surface area contributed by atoms with Crippen molar-refractivity contribution in [2.24, 2.45) is 0 Å². The van der Waals surface area contributed by atoms with E-state index in [-0.39, 0.29) is 11.9 Å². The summed E-state index contributed by atoms with van der Waals surface area (Å²) in [5.41, 5.74) is 0. The van der Waals surface area contributed by atoms with E-state index in [1.165, 1.54) is 25.7 Å². The molecule has 0 spiro atoms. The summed E-state index contributed by atoms with van der Waals surface area (Å²) in [6.07, 6.45) is 5.51. The first-order valence-corrected chi connectivity index (χ1v) is 8.92. The van der Waals surface area contributed by atoms with Crippen LogP contribution in [0.15, 0.2) is 0 Å². The van der Waals surface area contributed by atoms with Crippen LogP contribution in [0.1, 0.15) is 39.0 Å². The quantitative estimate of drug-likeness (QED) is 0.675. The van der Waals surface area contributed by atoms with Crippen LogP contribution in [0.4, 0.5) is 0 Å². The van der Waals surface area contributed by atoms with E-state index in [1.807, 2.05) is 16.7 Å². The van der Waals surface area contributed by atoms with E-state index in [9.17, 15) is 10.1 Å². The average Bonchev–Trinajstić information content (AvgIpc) is 3.30. The summed E-state index contributed by atoms with van der Waals surface area (Å²) >= 11 is 1.87. The van der Waals surface area contributed by atoms with E-state index in [2.05, 4.69) is 17.9 Å². The van der Waals surface area contributed by atoms with E-state index < -0.39 is 0 Å². The molecule has 2 aliphatic rings. The maximum Gasteiger partial charge on any atom is 0.223 e. The van der Waals surface area contributed by atoms with Gasteiger partial charge in [0.2, 0.25) is 5.91 Å². The van der Waals surface area contributed by atoms with Gasteiger partial charge in [0.1, 0.15) is 6.04 Å². The van der Waals surface area contributed by atoms with Gasteiger partial charge in [-0.25, -0.2) is 0 Å². The number of hydrogen-bond acceptors (Lipinski definition) is 4. The number of unbranched alkanes of at least 4 members (excludes halogenated alkanes) is 1. The largest absolute Gasteiger partial charge is 0.339 e. The molecule has 2 fully saturated rings. The Morgan fingerprint density at radius 1 is 1.35 bits per heavy atom. The van der Waals surface area contributed by atoms with Crippen molar-refractivity contribution in [3.05, 3.63) is 0 Å². The first-order chi connectivity index (χ1) is 9.76. The molecule has 20 heavy (non-hydrogen) atoms. The molecule has 112 valence electrons. The zero-order valence-corrected chi connectivity index (χ0v) is 13.2. The predicted octanol–water partition coefficient (Wildman–Crippen LogP) is 2.11. The van der Waals surface area contributed by atoms with Gasteiger partial charge in [-0.3, -0.25) is 9.69 Å². The van der Waals surface area contributed by atoms with Gasteiger partial charge in [0.15, 0.2) is 0 Å². The summed E-state index contributed by atoms with van der Waals surface area (Å²) in [5, 5.41) is 9.28. The van der Waals surface area contributed by atoms with Crippen LogP contribution in [0.3, 0.4) is 0 Å². The van der Waals surface area contributed by atoms with Crippen molar-refractivity contribution in [3.8, 4) is 6.07 Å². The molecule has 1 saturated heterocycles. The van der Waals surface area contributed by atoms with Crippen LogP contribution in [-0.4, -0.2) is 58.9 Å². The highest BCUT2D eigenvalue weighted by molar-refractivity contribution is 7.99. The van der Waals surface area contributed by atoms with Gasteiger partial charge >= 0.3 is 0 Å². The van der Waals surface area contributed by atoms with Crippen LogP contribution in [0.2, 0.25) is 0 Å². The Labute approximate surface area is 126 Å². The number of carbonyl (C=O) groups excluding carboxylic acids is 1. The standard InChI is InChI=1S/C15H25N3OS/c1-2-3-9-20-10-6-15(19)17-7-8-18(13-4-5-13)14(11-16)12-17/h13-14H,2-10,12H2,1H3/t14-/m1/s1. The smallest absolute Gasteiger partial charge is 0.223 e. The SMILES string of the molecule is CCCCSCCC(=O)N1CCN(C2CC2)[C@H](C#N)C1. The number of hydrogen-bond donors (Lipinski definition) is 0. The lowest BCUT2D eigenvalue weighted by molar-refractivity contribution is -0.133. The maximum absolute atomic E-state index is 12.2. The Morgan fingerprint density at radius 2 is 2.15 bits per heavy atom. The fourth-order valence-electron chi connectivity index (χ4n) is 2.65. The Kier molecular flexibility index (Phi) is 6.18. The van der Waals surface area contributed by atoms with Gasteiger partial charge in [-0.2, -0.15) is 17.0 Å². The summed E-state index contributed by atoms with van der Waals surface area (Å²) in [4.78, 5) is 16.4. The molecule has 4 nitrogen and oxygen atoms in total. The maximum atomic E-state index is 12.2. The molecule has 1 aliphatic carbocycles. The third-order valence-corrected chi connectivity index (χ3v) is 5.11. The van der Waals surface area contributed by atoms with Crippen LogP contribution in [0.25, 0.3) is 0 Å². The zero-order valence-electron chi connectivity index (χ0n) is 12.4. The van der Waals surface area contributed by atoms with E-state index >= 15 is 0 Å². The second kappa shape index (κ2) is 7.90. The summed E-state index contributed by atoms with van der Waals surface area (Å²) in [7, 11) is 0. The summed E-state index contributed by atoms with van der Waals surface area (Å²) in [6.45, 7) is 4.46. The van der Waals surface area contributed by atoms with Crippen LogP contribution < -0.4 is 0 Å². The van der Waals surface area contributed by atoms with Crippen molar-refractivity contribution >= 4 is 17.7 Å². The van der Waals surface area contributed by atoms with E-state index in [0.29, 0.717) is 19.0 Å². The lowest BCUT2D eigenvalue weighted by atomic mass is 10.1. The lowest BCUT2D eigenvalue weighted by Crippen LogP contribution is -2.54. The summed E-state index contributed by atoms with van der Waals surface area (Å²) in [5.74, 6) is 2.29. The minimum Gasteiger partial charge on any atom is -0.339 e. The highest BCUT2D eigenvalue weighted by Gasteiger charge is 2.38. The number of piperazine rings is 1. The fraction of sp³-hybridized carbons (Fsp3) is 0.867. The molecule has 5 heteroatoms. The molecule has 0 aromatic heterocycles. The molecule has 0 aromatic rings. The summed E-state index contributed by atoms with van der Waals surface area (Å²) in [6, 6.07) is 2.89. The molecule has 1 amide bonds. The average molecular weight is 295 g/mol. The van der Waals surface area contributed by atoms with E-state index in [1.54, 1.807) is 0 Å². The van der Waals surface area contributed by atoms with Crippen molar-refractivity contribution in [1.29, 1.82) is 5.26 Å². The Morgan fingerprint density at radius 3 is 2.80 bits per heavy atom. The molecule has 2 rings (SSSR count). The second-order valence-electron chi connectivity index (χ2n) is 5.67. The number of nitrogens with zero attached hydrogens (tertiary/aromatic N) is 3. The van der Waals surface area contributed by atoms with Crippen molar-refractivity contribution < 1.29 is 4.79 Å². The molecule has 0 N–H and O–H groups in total. The number of nitriles is 1. The van der Waals surface area contributed by atoms with Crippen molar-refractivity contribution in [3.63, 3.8) is 0 Å². The molecule has 0 bridgehead atoms. The van der Waals surface area contributed by atoms with Gasteiger partial charge in [0.25, 0.3) is 0 Å². The molecule has 0 radical (unpaired) electrons. The second-order valence-corrected chi connectivity index (χ2v) is 6.89. The highest BCUT2D eigenvalue weighted by atomic mass is 32.2. The third-order valence-electron chi connectivity index (χ3n) is 4.04. The first-order valence-electron chi connectivity index (χ1n) is 7.77. The monoisotopic (exact) mass is 295 g/mol. The first kappa shape index (κ1) is 15.7. The normalized spacial score (nSPS) is 23.6. The van der Waals surface area contributed by atoms with Gasteiger partial charge in [0, 0.05) is 37.8 Å². The van der Waals surface area contributed by atoms with Crippen molar-refractivity contribution in [1.82, 2.24) is 9.80 Å². The van der Waals surface area contributed by atoms with Gasteiger partial charge in [0.05, 0.1) is 6.07 Å². The molecule has 1 heterocycles. The fourth-order valence-corrected chi connectivity index (χ4v) is 3.66. The number of thioether (sulfide) groups is 1. The molecular formula is C15H25N3OS. The number of carbonyl (C=O) groups is 1. The Balaban J connectivity index is 1.70. The van der Waals surface area contributed by atoms with Crippen LogP contribution >= 0.6 is 11.8 Å². The number of rotatable bonds is 7. The predicted molar refractivity (Wildman–Crippen MR) is 82.6 cm³/mol. The van der Waals surface area contributed by atoms with Crippen LogP contribution in [0, 0.1) is 11.3 Å². The molecular weight excluding hydrogens is 270 g/mol. The minimum absolute atomic E-state index is 0.0899. The van der Waals surface area contributed by atoms with Gasteiger partial charge in [-0.05, 0) is 25.0 Å². The Hall–Kier alpha value is -0.730. The van der Waals surface area contributed by atoms with Crippen LogP contribution in [-0.2, 0) is 4.79 Å². The van der Waals surface area contributed by atoms with Crippen molar-refractivity contribution in [2.75, 3.05) is 31.1 Å². The van der Waals surface area contributed by atoms with Gasteiger partial charge in [-0.15, -0.1) is 0 Å². The van der Waals surface area contributed by atoms with Crippen LogP contribution in [0.5, 0.6) is 0 Å². The van der Waals surface area contributed by atoms with Gasteiger partial charge < -0.3 is 4.90 Å². The van der Waals surface area contributed by atoms with E-state index in [0.717, 1.165) is 24.6 Å². The molecule has 0 aromatic carbocycles. The molecule has 0 unspecified atom stereocenters. The number of amides is 1. The molecule has 1 aliphatic heterocycles. The molecule has 1 atom stereocenters. The minimum atomic E-state index is -0.0899. The highest BCUT2D eigenvalue weighted by Crippen LogP contribution is 2.30. The zero-order chi connectivity index (χ0) is 14.4. The van der Waals surface area contributed by atoms with E-state index in [4.69, 9.17) is 0 Å². The molecule has 1 saturated carbocycles. The lowest BCUT2D eigenvalue weighted by Gasteiger charge is -2.38. The third kappa shape index (κ3) is 4.39. The van der Waals surface area contributed by atoms with Gasteiger partial charge in [-0.1, -0.05) is 13.3 Å². The topological polar surface area (TPSA) is 47.3 Å². The Bertz CT molecular complexity index is 365. The summed E-state index contributed by atoms with van der Waals surface area (Å²) < 4.78 is 0. The van der Waals surface area contributed by atoms with Crippen molar-refractivity contribution in [2.45, 2.75) is 51.1 Å².